The molecule has 3 fully saturated rings. The van der Waals surface area contributed by atoms with Crippen LogP contribution in [0.3, 0.4) is 0 Å². The Balaban J connectivity index is 1.23. The molecule has 0 unspecified atom stereocenters. The lowest BCUT2D eigenvalue weighted by Gasteiger charge is -2.16. The third-order valence-corrected chi connectivity index (χ3v) is 5.46. The van der Waals surface area contributed by atoms with Crippen molar-refractivity contribution in [1.82, 2.24) is 20.5 Å². The lowest BCUT2D eigenvalue weighted by atomic mass is 10.2. The molecule has 3 aliphatic rings. The Labute approximate surface area is 133 Å². The maximum Gasteiger partial charge on any atom is 0.315 e. The molecule has 1 aromatic heterocycles. The van der Waals surface area contributed by atoms with Crippen molar-refractivity contribution in [2.24, 2.45) is 0 Å². The molecule has 0 radical (unpaired) electrons. The first-order valence-corrected chi connectivity index (χ1v) is 8.85. The monoisotopic (exact) mass is 320 g/mol. The maximum atomic E-state index is 11.9. The first-order valence-electron chi connectivity index (χ1n) is 7.97. The quantitative estimate of drug-likeness (QED) is 0.865. The molecule has 6 nitrogen and oxygen atoms in total. The molecule has 4 rings (SSSR count). The number of hydrogen-bond donors (Lipinski definition) is 2. The van der Waals surface area contributed by atoms with Crippen LogP contribution >= 0.6 is 11.3 Å². The predicted octanol–water partition coefficient (Wildman–Crippen LogP) is 1.58. The fraction of sp³-hybridized carbons (Fsp3) is 0.667. The fourth-order valence-corrected chi connectivity index (χ4v) is 3.89. The molecule has 1 atom stereocenters. The highest BCUT2D eigenvalue weighted by atomic mass is 32.1. The molecule has 118 valence electrons. The van der Waals surface area contributed by atoms with Gasteiger partial charge in [0.05, 0.1) is 23.3 Å². The van der Waals surface area contributed by atoms with Crippen LogP contribution in [0.15, 0.2) is 5.38 Å². The zero-order chi connectivity index (χ0) is 15.1. The normalized spacial score (nSPS) is 24.6. The fourth-order valence-electron chi connectivity index (χ4n) is 2.90. The van der Waals surface area contributed by atoms with E-state index in [9.17, 15) is 9.59 Å². The smallest absolute Gasteiger partial charge is 0.315 e. The van der Waals surface area contributed by atoms with E-state index in [4.69, 9.17) is 0 Å². The second kappa shape index (κ2) is 5.53. The number of likely N-dealkylation sites (tertiary alicyclic amines) is 1. The molecule has 1 aromatic rings. The predicted molar refractivity (Wildman–Crippen MR) is 82.6 cm³/mol. The molecule has 22 heavy (non-hydrogen) atoms. The average molecular weight is 320 g/mol. The molecule has 2 aliphatic carbocycles. The van der Waals surface area contributed by atoms with Gasteiger partial charge >= 0.3 is 6.03 Å². The van der Waals surface area contributed by atoms with Gasteiger partial charge in [-0.3, -0.25) is 4.79 Å². The van der Waals surface area contributed by atoms with Crippen LogP contribution in [0.5, 0.6) is 0 Å². The molecule has 1 saturated heterocycles. The first-order chi connectivity index (χ1) is 10.7. The maximum absolute atomic E-state index is 11.9. The Kier molecular flexibility index (Phi) is 3.52. The van der Waals surface area contributed by atoms with E-state index in [0.717, 1.165) is 18.5 Å². The van der Waals surface area contributed by atoms with Gasteiger partial charge < -0.3 is 15.5 Å². The van der Waals surface area contributed by atoms with E-state index in [1.54, 1.807) is 11.3 Å². The SMILES string of the molecule is O=C(NCc1csc(C2CC2)n1)N[C@H]1CC(=O)N(C2CC2)C1. The molecule has 1 aliphatic heterocycles. The Morgan fingerprint density at radius 2 is 2.18 bits per heavy atom. The molecule has 3 amide bonds. The lowest BCUT2D eigenvalue weighted by Crippen LogP contribution is -2.43. The minimum absolute atomic E-state index is 0.0643. The number of carbonyl (C=O) groups excluding carboxylic acids is 2. The molecule has 2 saturated carbocycles. The molecule has 2 heterocycles. The van der Waals surface area contributed by atoms with Gasteiger partial charge in [0, 0.05) is 30.3 Å². The van der Waals surface area contributed by atoms with E-state index in [1.165, 1.54) is 17.8 Å². The first kappa shape index (κ1) is 14.0. The third-order valence-electron chi connectivity index (χ3n) is 4.41. The van der Waals surface area contributed by atoms with Crippen molar-refractivity contribution in [3.8, 4) is 0 Å². The summed E-state index contributed by atoms with van der Waals surface area (Å²) in [5.74, 6) is 0.826. The van der Waals surface area contributed by atoms with Crippen LogP contribution in [0.4, 0.5) is 4.79 Å². The van der Waals surface area contributed by atoms with Gasteiger partial charge in [0.2, 0.25) is 5.91 Å². The van der Waals surface area contributed by atoms with Gasteiger partial charge in [-0.25, -0.2) is 9.78 Å². The zero-order valence-electron chi connectivity index (χ0n) is 12.4. The Bertz CT molecular complexity index is 594. The number of thiazole rings is 1. The van der Waals surface area contributed by atoms with Crippen LogP contribution in [0, 0.1) is 0 Å². The number of nitrogens with zero attached hydrogens (tertiary/aromatic N) is 2. The van der Waals surface area contributed by atoms with Gasteiger partial charge in [0.15, 0.2) is 0 Å². The molecule has 0 bridgehead atoms. The van der Waals surface area contributed by atoms with Crippen LogP contribution < -0.4 is 10.6 Å². The standard InChI is InChI=1S/C15H20N4O2S/c20-13-5-10(7-19(13)12-3-4-12)18-15(21)16-6-11-8-22-14(17-11)9-1-2-9/h8-10,12H,1-7H2,(H2,16,18,21)/t10-/m0/s1. The summed E-state index contributed by atoms with van der Waals surface area (Å²) in [6.07, 6.45) is 5.13. The van der Waals surface area contributed by atoms with Gasteiger partial charge in [-0.15, -0.1) is 11.3 Å². The van der Waals surface area contributed by atoms with Crippen LogP contribution in [-0.2, 0) is 11.3 Å². The molecular weight excluding hydrogens is 300 g/mol. The highest BCUT2D eigenvalue weighted by molar-refractivity contribution is 7.09. The summed E-state index contributed by atoms with van der Waals surface area (Å²) in [5.41, 5.74) is 0.921. The van der Waals surface area contributed by atoms with Crippen molar-refractivity contribution in [2.45, 2.75) is 56.7 Å². The number of amides is 3. The second-order valence-electron chi connectivity index (χ2n) is 6.46. The largest absolute Gasteiger partial charge is 0.338 e. The highest BCUT2D eigenvalue weighted by Crippen LogP contribution is 2.41. The number of nitrogens with one attached hydrogen (secondary N) is 2. The van der Waals surface area contributed by atoms with Gasteiger partial charge in [0.25, 0.3) is 0 Å². The minimum atomic E-state index is -0.212. The topological polar surface area (TPSA) is 74.3 Å². The van der Waals surface area contributed by atoms with Crippen molar-refractivity contribution in [3.63, 3.8) is 0 Å². The highest BCUT2D eigenvalue weighted by Gasteiger charge is 2.39. The second-order valence-corrected chi connectivity index (χ2v) is 7.35. The Morgan fingerprint density at radius 1 is 1.36 bits per heavy atom. The van der Waals surface area contributed by atoms with E-state index in [2.05, 4.69) is 15.6 Å². The zero-order valence-corrected chi connectivity index (χ0v) is 13.2. The van der Waals surface area contributed by atoms with E-state index >= 15 is 0 Å². The van der Waals surface area contributed by atoms with Crippen molar-refractivity contribution in [3.05, 3.63) is 16.1 Å². The number of aromatic nitrogens is 1. The summed E-state index contributed by atoms with van der Waals surface area (Å²) in [7, 11) is 0. The van der Waals surface area contributed by atoms with Gasteiger partial charge in [-0.1, -0.05) is 0 Å². The molecular formula is C15H20N4O2S. The molecule has 7 heteroatoms. The summed E-state index contributed by atoms with van der Waals surface area (Å²) < 4.78 is 0. The molecule has 0 aromatic carbocycles. The van der Waals surface area contributed by atoms with Crippen molar-refractivity contribution < 1.29 is 9.59 Å². The van der Waals surface area contributed by atoms with Crippen molar-refractivity contribution in [1.29, 1.82) is 0 Å². The Morgan fingerprint density at radius 3 is 2.91 bits per heavy atom. The molecule has 2 N–H and O–H groups in total. The summed E-state index contributed by atoms with van der Waals surface area (Å²) in [6, 6.07) is 0.153. The van der Waals surface area contributed by atoms with Gasteiger partial charge in [-0.2, -0.15) is 0 Å². The average Bonchev–Trinajstić information content (AvgIpc) is 3.42. The van der Waals surface area contributed by atoms with E-state index < -0.39 is 0 Å². The summed E-state index contributed by atoms with van der Waals surface area (Å²) in [5, 5.41) is 8.94. The van der Waals surface area contributed by atoms with Gasteiger partial charge in [0.1, 0.15) is 0 Å². The van der Waals surface area contributed by atoms with E-state index in [-0.39, 0.29) is 18.0 Å². The summed E-state index contributed by atoms with van der Waals surface area (Å²) in [6.45, 7) is 1.10. The summed E-state index contributed by atoms with van der Waals surface area (Å²) >= 11 is 1.68. The van der Waals surface area contributed by atoms with Crippen LogP contribution in [0.2, 0.25) is 0 Å². The van der Waals surface area contributed by atoms with Crippen molar-refractivity contribution in [2.75, 3.05) is 6.54 Å². The lowest BCUT2D eigenvalue weighted by molar-refractivity contribution is -0.128. The Hall–Kier alpha value is -1.63. The van der Waals surface area contributed by atoms with E-state index in [0.29, 0.717) is 31.5 Å². The summed E-state index contributed by atoms with van der Waals surface area (Å²) in [4.78, 5) is 30.2. The number of hydrogen-bond acceptors (Lipinski definition) is 4. The third kappa shape index (κ3) is 3.09. The minimum Gasteiger partial charge on any atom is -0.338 e. The number of urea groups is 1. The van der Waals surface area contributed by atoms with Crippen LogP contribution in [-0.4, -0.2) is 40.5 Å². The van der Waals surface area contributed by atoms with Gasteiger partial charge in [-0.05, 0) is 25.7 Å². The molecule has 0 spiro atoms. The van der Waals surface area contributed by atoms with Crippen molar-refractivity contribution >= 4 is 23.3 Å². The van der Waals surface area contributed by atoms with E-state index in [1.807, 2.05) is 10.3 Å². The van der Waals surface area contributed by atoms with Crippen LogP contribution in [0.25, 0.3) is 0 Å². The number of carbonyl (C=O) groups is 2. The number of rotatable bonds is 5. The van der Waals surface area contributed by atoms with Crippen LogP contribution in [0.1, 0.15) is 48.7 Å².